The Bertz CT molecular complexity index is 324. The highest BCUT2D eigenvalue weighted by Gasteiger charge is 2.22. The van der Waals surface area contributed by atoms with Crippen molar-refractivity contribution < 1.29 is 0 Å². The summed E-state index contributed by atoms with van der Waals surface area (Å²) in [5, 5.41) is 8.93. The third kappa shape index (κ3) is 2.54. The molecule has 0 aliphatic carbocycles. The summed E-state index contributed by atoms with van der Waals surface area (Å²) in [6, 6.07) is 8.06. The predicted octanol–water partition coefficient (Wildman–Crippen LogP) is 1.82. The van der Waals surface area contributed by atoms with Crippen LogP contribution in [0.3, 0.4) is 0 Å². The van der Waals surface area contributed by atoms with Gasteiger partial charge in [-0.3, -0.25) is 9.88 Å². The van der Waals surface area contributed by atoms with Crippen molar-refractivity contribution in [3.63, 3.8) is 0 Å². The quantitative estimate of drug-likeness (QED) is 0.728. The lowest BCUT2D eigenvalue weighted by Crippen LogP contribution is -2.39. The van der Waals surface area contributed by atoms with Crippen LogP contribution in [0.2, 0.25) is 0 Å². The second kappa shape index (κ2) is 4.21. The average molecular weight is 189 g/mol. The van der Waals surface area contributed by atoms with E-state index < -0.39 is 5.54 Å². The van der Waals surface area contributed by atoms with E-state index in [1.54, 1.807) is 6.20 Å². The van der Waals surface area contributed by atoms with Gasteiger partial charge in [-0.25, -0.2) is 0 Å². The Hall–Kier alpha value is -1.40. The highest BCUT2D eigenvalue weighted by molar-refractivity contribution is 5.07. The van der Waals surface area contributed by atoms with Gasteiger partial charge in [-0.05, 0) is 33.0 Å². The van der Waals surface area contributed by atoms with E-state index in [1.165, 1.54) is 0 Å². The molecule has 0 amide bonds. The van der Waals surface area contributed by atoms with E-state index in [1.807, 2.05) is 44.0 Å². The minimum atomic E-state index is -0.447. The molecule has 3 heteroatoms. The summed E-state index contributed by atoms with van der Waals surface area (Å²) < 4.78 is 0. The summed E-state index contributed by atoms with van der Waals surface area (Å²) in [4.78, 5) is 6.20. The van der Waals surface area contributed by atoms with Crippen LogP contribution in [0, 0.1) is 11.3 Å². The highest BCUT2D eigenvalue weighted by Crippen LogP contribution is 2.13. The van der Waals surface area contributed by atoms with Crippen LogP contribution >= 0.6 is 0 Å². The van der Waals surface area contributed by atoms with Crippen molar-refractivity contribution in [1.82, 2.24) is 9.88 Å². The lowest BCUT2D eigenvalue weighted by Gasteiger charge is -2.28. The average Bonchev–Trinajstić information content (AvgIpc) is 2.19. The summed E-state index contributed by atoms with van der Waals surface area (Å²) in [7, 11) is 1.93. The fraction of sp³-hybridized carbons (Fsp3) is 0.455. The number of aromatic nitrogens is 1. The molecule has 0 N–H and O–H groups in total. The number of pyridine rings is 1. The normalized spacial score (nSPS) is 11.4. The Morgan fingerprint density at radius 3 is 2.71 bits per heavy atom. The van der Waals surface area contributed by atoms with Crippen LogP contribution < -0.4 is 0 Å². The first-order valence-corrected chi connectivity index (χ1v) is 4.58. The summed E-state index contributed by atoms with van der Waals surface area (Å²) in [6.07, 6.45) is 1.77. The molecule has 0 aromatic carbocycles. The second-order valence-corrected chi connectivity index (χ2v) is 3.85. The van der Waals surface area contributed by atoms with Crippen LogP contribution in [0.25, 0.3) is 0 Å². The Kier molecular flexibility index (Phi) is 3.21. The van der Waals surface area contributed by atoms with Gasteiger partial charge in [0.05, 0.1) is 11.8 Å². The summed E-state index contributed by atoms with van der Waals surface area (Å²) in [6.45, 7) is 4.49. The van der Waals surface area contributed by atoms with Gasteiger partial charge < -0.3 is 0 Å². The van der Waals surface area contributed by atoms with Crippen molar-refractivity contribution in [3.05, 3.63) is 30.1 Å². The monoisotopic (exact) mass is 189 g/mol. The first-order valence-electron chi connectivity index (χ1n) is 4.58. The highest BCUT2D eigenvalue weighted by atomic mass is 15.2. The van der Waals surface area contributed by atoms with Crippen LogP contribution in [0.1, 0.15) is 19.5 Å². The summed E-state index contributed by atoms with van der Waals surface area (Å²) in [5.41, 5.74) is 0.538. The van der Waals surface area contributed by atoms with Crippen molar-refractivity contribution in [1.29, 1.82) is 5.26 Å². The van der Waals surface area contributed by atoms with E-state index in [0.717, 1.165) is 5.69 Å². The molecule has 1 aromatic heterocycles. The van der Waals surface area contributed by atoms with Crippen molar-refractivity contribution in [3.8, 4) is 6.07 Å². The Morgan fingerprint density at radius 2 is 2.21 bits per heavy atom. The predicted molar refractivity (Wildman–Crippen MR) is 55.4 cm³/mol. The van der Waals surface area contributed by atoms with Gasteiger partial charge in [0.25, 0.3) is 0 Å². The zero-order valence-corrected chi connectivity index (χ0v) is 8.86. The molecule has 0 radical (unpaired) electrons. The number of nitrogens with zero attached hydrogens (tertiary/aromatic N) is 3. The zero-order chi connectivity index (χ0) is 10.6. The number of rotatable bonds is 3. The minimum absolute atomic E-state index is 0.447. The maximum Gasteiger partial charge on any atom is 0.103 e. The molecule has 1 aromatic rings. The summed E-state index contributed by atoms with van der Waals surface area (Å²) >= 11 is 0. The van der Waals surface area contributed by atoms with Gasteiger partial charge in [0.1, 0.15) is 5.54 Å². The molecule has 0 atom stereocenters. The van der Waals surface area contributed by atoms with E-state index in [4.69, 9.17) is 5.26 Å². The number of hydrogen-bond acceptors (Lipinski definition) is 3. The van der Waals surface area contributed by atoms with E-state index >= 15 is 0 Å². The second-order valence-electron chi connectivity index (χ2n) is 3.85. The van der Waals surface area contributed by atoms with Gasteiger partial charge in [0.15, 0.2) is 0 Å². The van der Waals surface area contributed by atoms with Gasteiger partial charge in [0.2, 0.25) is 0 Å². The van der Waals surface area contributed by atoms with E-state index in [0.29, 0.717) is 6.54 Å². The Labute approximate surface area is 85.0 Å². The van der Waals surface area contributed by atoms with Gasteiger partial charge in [-0.15, -0.1) is 0 Å². The van der Waals surface area contributed by atoms with Crippen LogP contribution in [-0.4, -0.2) is 22.5 Å². The van der Waals surface area contributed by atoms with E-state index in [-0.39, 0.29) is 0 Å². The topological polar surface area (TPSA) is 39.9 Å². The molecule has 14 heavy (non-hydrogen) atoms. The van der Waals surface area contributed by atoms with Crippen LogP contribution in [-0.2, 0) is 6.54 Å². The third-order valence-electron chi connectivity index (χ3n) is 2.35. The third-order valence-corrected chi connectivity index (χ3v) is 2.35. The van der Waals surface area contributed by atoms with Gasteiger partial charge in [-0.2, -0.15) is 5.26 Å². The Balaban J connectivity index is 2.68. The lowest BCUT2D eigenvalue weighted by atomic mass is 10.1. The fourth-order valence-electron chi connectivity index (χ4n) is 1.02. The maximum absolute atomic E-state index is 8.93. The Morgan fingerprint density at radius 1 is 1.50 bits per heavy atom. The van der Waals surface area contributed by atoms with E-state index in [2.05, 4.69) is 11.1 Å². The van der Waals surface area contributed by atoms with Gasteiger partial charge in [-0.1, -0.05) is 6.07 Å². The summed E-state index contributed by atoms with van der Waals surface area (Å²) in [5.74, 6) is 0. The molecule has 0 bridgehead atoms. The molecule has 0 aliphatic heterocycles. The van der Waals surface area contributed by atoms with Crippen molar-refractivity contribution >= 4 is 0 Å². The number of hydrogen-bond donors (Lipinski definition) is 0. The molecule has 0 unspecified atom stereocenters. The van der Waals surface area contributed by atoms with Crippen LogP contribution in [0.4, 0.5) is 0 Å². The molecule has 3 nitrogen and oxygen atoms in total. The molecule has 1 rings (SSSR count). The molecular weight excluding hydrogens is 174 g/mol. The molecular formula is C11H15N3. The molecule has 0 saturated carbocycles. The standard InChI is InChI=1S/C11H15N3/c1-11(2,9-12)14(3)8-10-6-4-5-7-13-10/h4-7H,8H2,1-3H3. The van der Waals surface area contributed by atoms with Crippen molar-refractivity contribution in [2.24, 2.45) is 0 Å². The van der Waals surface area contributed by atoms with Crippen LogP contribution in [0.15, 0.2) is 24.4 Å². The lowest BCUT2D eigenvalue weighted by molar-refractivity contribution is 0.200. The van der Waals surface area contributed by atoms with Gasteiger partial charge >= 0.3 is 0 Å². The molecule has 0 spiro atoms. The first kappa shape index (κ1) is 10.7. The number of nitriles is 1. The molecule has 74 valence electrons. The minimum Gasteiger partial charge on any atom is -0.283 e. The van der Waals surface area contributed by atoms with Gasteiger partial charge in [0, 0.05) is 12.7 Å². The molecule has 0 saturated heterocycles. The molecule has 0 aliphatic rings. The SMILES string of the molecule is CN(Cc1ccccn1)C(C)(C)C#N. The largest absolute Gasteiger partial charge is 0.283 e. The fourth-order valence-corrected chi connectivity index (χ4v) is 1.02. The van der Waals surface area contributed by atoms with Crippen molar-refractivity contribution in [2.45, 2.75) is 25.9 Å². The van der Waals surface area contributed by atoms with Crippen LogP contribution in [0.5, 0.6) is 0 Å². The molecule has 1 heterocycles. The maximum atomic E-state index is 8.93. The van der Waals surface area contributed by atoms with Crippen molar-refractivity contribution in [2.75, 3.05) is 7.05 Å². The van der Waals surface area contributed by atoms with E-state index in [9.17, 15) is 0 Å². The molecule has 0 fully saturated rings. The first-order chi connectivity index (χ1) is 6.56. The zero-order valence-electron chi connectivity index (χ0n) is 8.86. The smallest absolute Gasteiger partial charge is 0.103 e.